The van der Waals surface area contributed by atoms with Crippen molar-refractivity contribution < 1.29 is 4.79 Å². The number of amides is 1. The zero-order valence-electron chi connectivity index (χ0n) is 11.0. The average Bonchev–Trinajstić information content (AvgIpc) is 2.29. The SMILES string of the molecule is Cc1ccccc1C(=O)N1CC[Si](C)(C)CC1. The zero-order chi connectivity index (χ0) is 12.5. The molecule has 0 atom stereocenters. The topological polar surface area (TPSA) is 20.3 Å². The Labute approximate surface area is 105 Å². The smallest absolute Gasteiger partial charge is 0.254 e. The van der Waals surface area contributed by atoms with Gasteiger partial charge in [0.25, 0.3) is 5.91 Å². The Morgan fingerprint density at radius 2 is 1.76 bits per heavy atom. The first-order chi connectivity index (χ1) is 7.99. The minimum Gasteiger partial charge on any atom is -0.339 e. The molecule has 2 rings (SSSR count). The van der Waals surface area contributed by atoms with Crippen LogP contribution in [0.25, 0.3) is 0 Å². The van der Waals surface area contributed by atoms with E-state index in [9.17, 15) is 4.79 Å². The molecule has 0 bridgehead atoms. The molecule has 1 aliphatic rings. The van der Waals surface area contributed by atoms with E-state index in [1.165, 1.54) is 12.1 Å². The number of carbonyl (C=O) groups excluding carboxylic acids is 1. The summed E-state index contributed by atoms with van der Waals surface area (Å²) in [5, 5.41) is 0. The van der Waals surface area contributed by atoms with Gasteiger partial charge in [-0.25, -0.2) is 0 Å². The van der Waals surface area contributed by atoms with Gasteiger partial charge >= 0.3 is 0 Å². The van der Waals surface area contributed by atoms with Crippen molar-refractivity contribution in [2.24, 2.45) is 0 Å². The molecule has 1 amide bonds. The first-order valence-electron chi connectivity index (χ1n) is 6.34. The Hall–Kier alpha value is -1.09. The van der Waals surface area contributed by atoms with Crippen molar-refractivity contribution in [3.8, 4) is 0 Å². The molecule has 1 aromatic rings. The molecule has 2 nitrogen and oxygen atoms in total. The van der Waals surface area contributed by atoms with Crippen LogP contribution < -0.4 is 0 Å². The van der Waals surface area contributed by atoms with Gasteiger partial charge in [-0.3, -0.25) is 4.79 Å². The third-order valence-corrected chi connectivity index (χ3v) is 6.93. The van der Waals surface area contributed by atoms with Crippen molar-refractivity contribution in [3.05, 3.63) is 35.4 Å². The first-order valence-corrected chi connectivity index (χ1v) is 9.76. The van der Waals surface area contributed by atoms with E-state index in [1.807, 2.05) is 36.1 Å². The van der Waals surface area contributed by atoms with Gasteiger partial charge in [0.1, 0.15) is 0 Å². The van der Waals surface area contributed by atoms with Crippen LogP contribution in [0.2, 0.25) is 25.2 Å². The summed E-state index contributed by atoms with van der Waals surface area (Å²) in [5.41, 5.74) is 1.95. The molecule has 3 heteroatoms. The van der Waals surface area contributed by atoms with Crippen LogP contribution in [0.15, 0.2) is 24.3 Å². The van der Waals surface area contributed by atoms with Gasteiger partial charge in [-0.1, -0.05) is 31.3 Å². The highest BCUT2D eigenvalue weighted by molar-refractivity contribution is 6.77. The summed E-state index contributed by atoms with van der Waals surface area (Å²) in [5.74, 6) is 0.215. The number of nitrogens with zero attached hydrogens (tertiary/aromatic N) is 1. The van der Waals surface area contributed by atoms with E-state index in [0.717, 1.165) is 24.2 Å². The van der Waals surface area contributed by atoms with Crippen LogP contribution in [0.4, 0.5) is 0 Å². The Kier molecular flexibility index (Phi) is 3.38. The Balaban J connectivity index is 2.10. The van der Waals surface area contributed by atoms with Crippen molar-refractivity contribution >= 4 is 14.0 Å². The lowest BCUT2D eigenvalue weighted by molar-refractivity contribution is 0.0764. The number of hydrogen-bond donors (Lipinski definition) is 0. The van der Waals surface area contributed by atoms with E-state index in [-0.39, 0.29) is 5.91 Å². The lowest BCUT2D eigenvalue weighted by atomic mass is 10.1. The van der Waals surface area contributed by atoms with Crippen LogP contribution in [0, 0.1) is 6.92 Å². The van der Waals surface area contributed by atoms with Gasteiger partial charge in [0, 0.05) is 18.7 Å². The third-order valence-electron chi connectivity index (χ3n) is 3.78. The Morgan fingerprint density at radius 1 is 1.18 bits per heavy atom. The van der Waals surface area contributed by atoms with E-state index in [4.69, 9.17) is 0 Å². The molecule has 0 aromatic heterocycles. The van der Waals surface area contributed by atoms with Gasteiger partial charge < -0.3 is 4.90 Å². The number of carbonyl (C=O) groups is 1. The second-order valence-corrected chi connectivity index (χ2v) is 11.1. The molecule has 1 saturated heterocycles. The molecule has 1 aromatic carbocycles. The molecular weight excluding hydrogens is 226 g/mol. The standard InChI is InChI=1S/C14H21NOSi/c1-12-6-4-5-7-13(12)14(16)15-8-10-17(2,3)11-9-15/h4-7H,8-11H2,1-3H3. The van der Waals surface area contributed by atoms with E-state index in [1.54, 1.807) is 0 Å². The van der Waals surface area contributed by atoms with Crippen LogP contribution in [0.3, 0.4) is 0 Å². The molecule has 17 heavy (non-hydrogen) atoms. The maximum Gasteiger partial charge on any atom is 0.254 e. The van der Waals surface area contributed by atoms with Gasteiger partial charge in [0.15, 0.2) is 0 Å². The quantitative estimate of drug-likeness (QED) is 0.698. The van der Waals surface area contributed by atoms with Crippen molar-refractivity contribution in [2.45, 2.75) is 32.1 Å². The molecule has 1 heterocycles. The molecule has 0 spiro atoms. The second-order valence-electron chi connectivity index (χ2n) is 5.77. The van der Waals surface area contributed by atoms with E-state index in [0.29, 0.717) is 0 Å². The van der Waals surface area contributed by atoms with Gasteiger partial charge in [0.05, 0.1) is 8.07 Å². The fourth-order valence-corrected chi connectivity index (χ4v) is 4.30. The van der Waals surface area contributed by atoms with Crippen LogP contribution in [0.5, 0.6) is 0 Å². The van der Waals surface area contributed by atoms with Crippen molar-refractivity contribution in [1.29, 1.82) is 0 Å². The van der Waals surface area contributed by atoms with Gasteiger partial charge in [-0.15, -0.1) is 0 Å². The lowest BCUT2D eigenvalue weighted by Crippen LogP contribution is -2.45. The van der Waals surface area contributed by atoms with E-state index < -0.39 is 8.07 Å². The molecular formula is C14H21NOSi. The maximum absolute atomic E-state index is 12.4. The minimum absolute atomic E-state index is 0.215. The summed E-state index contributed by atoms with van der Waals surface area (Å²) in [6.45, 7) is 8.75. The Bertz CT molecular complexity index is 418. The molecule has 1 fully saturated rings. The zero-order valence-corrected chi connectivity index (χ0v) is 12.0. The van der Waals surface area contributed by atoms with E-state index in [2.05, 4.69) is 13.1 Å². The van der Waals surface area contributed by atoms with Crippen LogP contribution in [0.1, 0.15) is 15.9 Å². The summed E-state index contributed by atoms with van der Waals surface area (Å²) in [6.07, 6.45) is 0. The normalized spacial score (nSPS) is 19.1. The van der Waals surface area contributed by atoms with E-state index >= 15 is 0 Å². The van der Waals surface area contributed by atoms with Crippen LogP contribution >= 0.6 is 0 Å². The van der Waals surface area contributed by atoms with Crippen LogP contribution in [-0.4, -0.2) is 32.0 Å². The number of benzene rings is 1. The first kappa shape index (κ1) is 12.4. The minimum atomic E-state index is -0.987. The molecule has 0 radical (unpaired) electrons. The predicted molar refractivity (Wildman–Crippen MR) is 74.2 cm³/mol. The van der Waals surface area contributed by atoms with Crippen LogP contribution in [-0.2, 0) is 0 Å². The number of aryl methyl sites for hydroxylation is 1. The van der Waals surface area contributed by atoms with Gasteiger partial charge in [-0.2, -0.15) is 0 Å². The summed E-state index contributed by atoms with van der Waals surface area (Å²) in [4.78, 5) is 14.4. The number of rotatable bonds is 1. The highest BCUT2D eigenvalue weighted by Gasteiger charge is 2.30. The number of hydrogen-bond acceptors (Lipinski definition) is 1. The third kappa shape index (κ3) is 2.78. The largest absolute Gasteiger partial charge is 0.339 e. The van der Waals surface area contributed by atoms with Crippen molar-refractivity contribution in [1.82, 2.24) is 4.90 Å². The summed E-state index contributed by atoms with van der Waals surface area (Å²) >= 11 is 0. The molecule has 0 N–H and O–H groups in total. The fraction of sp³-hybridized carbons (Fsp3) is 0.500. The highest BCUT2D eigenvalue weighted by Crippen LogP contribution is 2.23. The lowest BCUT2D eigenvalue weighted by Gasteiger charge is -2.35. The molecule has 1 aliphatic heterocycles. The summed E-state index contributed by atoms with van der Waals surface area (Å²) in [6, 6.07) is 10.4. The Morgan fingerprint density at radius 3 is 2.35 bits per heavy atom. The monoisotopic (exact) mass is 247 g/mol. The average molecular weight is 247 g/mol. The van der Waals surface area contributed by atoms with Crippen molar-refractivity contribution in [3.63, 3.8) is 0 Å². The molecule has 0 saturated carbocycles. The van der Waals surface area contributed by atoms with Gasteiger partial charge in [0.2, 0.25) is 0 Å². The molecule has 0 unspecified atom stereocenters. The van der Waals surface area contributed by atoms with Gasteiger partial charge in [-0.05, 0) is 30.6 Å². The predicted octanol–water partition coefficient (Wildman–Crippen LogP) is 3.16. The highest BCUT2D eigenvalue weighted by atomic mass is 28.3. The molecule has 92 valence electrons. The second kappa shape index (κ2) is 4.65. The maximum atomic E-state index is 12.4. The summed E-state index contributed by atoms with van der Waals surface area (Å²) < 4.78 is 0. The molecule has 0 aliphatic carbocycles. The van der Waals surface area contributed by atoms with Crippen molar-refractivity contribution in [2.75, 3.05) is 13.1 Å². The summed E-state index contributed by atoms with van der Waals surface area (Å²) in [7, 11) is -0.987. The fourth-order valence-electron chi connectivity index (χ4n) is 2.30.